The molecule has 0 saturated heterocycles. The minimum Gasteiger partial charge on any atom is -0.366 e. The van der Waals surface area contributed by atoms with E-state index >= 15 is 0 Å². The van der Waals surface area contributed by atoms with E-state index in [0.717, 1.165) is 28.4 Å². The van der Waals surface area contributed by atoms with Gasteiger partial charge in [-0.25, -0.2) is 0 Å². The van der Waals surface area contributed by atoms with Gasteiger partial charge in [0.25, 0.3) is 0 Å². The first-order chi connectivity index (χ1) is 13.3. The minimum atomic E-state index is -0.385. The Balaban J connectivity index is 2.05. The zero-order valence-electron chi connectivity index (χ0n) is 16.9. The SMILES string of the molecule is Cc1cc(C)cc(Cn2c3cc(C(C)C)ccc3c3c(C(N)=O)cccc32)c1. The van der Waals surface area contributed by atoms with Crippen LogP contribution in [0.25, 0.3) is 21.8 Å². The summed E-state index contributed by atoms with van der Waals surface area (Å²) in [5.74, 6) is 0.0525. The quantitative estimate of drug-likeness (QED) is 0.493. The van der Waals surface area contributed by atoms with Crippen LogP contribution in [0.2, 0.25) is 0 Å². The highest BCUT2D eigenvalue weighted by molar-refractivity contribution is 6.18. The molecule has 3 aromatic carbocycles. The van der Waals surface area contributed by atoms with E-state index in [2.05, 4.69) is 74.7 Å². The zero-order chi connectivity index (χ0) is 20.0. The first kappa shape index (κ1) is 18.3. The molecular weight excluding hydrogens is 344 g/mol. The van der Waals surface area contributed by atoms with Gasteiger partial charge in [0.1, 0.15) is 0 Å². The largest absolute Gasteiger partial charge is 0.366 e. The molecule has 0 fully saturated rings. The molecule has 0 bridgehead atoms. The molecule has 0 unspecified atom stereocenters. The molecular formula is C25H26N2O. The van der Waals surface area contributed by atoms with Gasteiger partial charge in [0.15, 0.2) is 0 Å². The Bertz CT molecular complexity index is 1190. The van der Waals surface area contributed by atoms with E-state index in [9.17, 15) is 4.79 Å². The molecule has 3 heteroatoms. The summed E-state index contributed by atoms with van der Waals surface area (Å²) in [6.45, 7) is 9.42. The molecule has 0 aliphatic rings. The topological polar surface area (TPSA) is 48.0 Å². The Hall–Kier alpha value is -3.07. The highest BCUT2D eigenvalue weighted by Gasteiger charge is 2.17. The molecule has 0 atom stereocenters. The summed E-state index contributed by atoms with van der Waals surface area (Å²) in [6.07, 6.45) is 0. The third-order valence-electron chi connectivity index (χ3n) is 5.47. The molecule has 2 N–H and O–H groups in total. The molecule has 1 amide bonds. The molecule has 0 spiro atoms. The molecule has 142 valence electrons. The maximum absolute atomic E-state index is 12.1. The van der Waals surface area contributed by atoms with Gasteiger partial charge in [-0.1, -0.05) is 61.4 Å². The smallest absolute Gasteiger partial charge is 0.249 e. The Labute approximate surface area is 165 Å². The lowest BCUT2D eigenvalue weighted by Gasteiger charge is -2.11. The third-order valence-corrected chi connectivity index (χ3v) is 5.47. The van der Waals surface area contributed by atoms with E-state index < -0.39 is 0 Å². The van der Waals surface area contributed by atoms with Crippen LogP contribution in [-0.2, 0) is 6.54 Å². The van der Waals surface area contributed by atoms with Gasteiger partial charge < -0.3 is 10.3 Å². The maximum Gasteiger partial charge on any atom is 0.249 e. The van der Waals surface area contributed by atoms with Crippen molar-refractivity contribution in [3.63, 3.8) is 0 Å². The van der Waals surface area contributed by atoms with Crippen LogP contribution >= 0.6 is 0 Å². The van der Waals surface area contributed by atoms with Gasteiger partial charge in [0.2, 0.25) is 5.91 Å². The molecule has 0 aliphatic heterocycles. The monoisotopic (exact) mass is 370 g/mol. The third kappa shape index (κ3) is 3.07. The second-order valence-corrected chi connectivity index (χ2v) is 8.08. The van der Waals surface area contributed by atoms with Crippen molar-refractivity contribution in [3.8, 4) is 0 Å². The molecule has 3 nitrogen and oxygen atoms in total. The van der Waals surface area contributed by atoms with Gasteiger partial charge in [0.05, 0.1) is 5.52 Å². The van der Waals surface area contributed by atoms with Crippen molar-refractivity contribution in [1.29, 1.82) is 0 Å². The summed E-state index contributed by atoms with van der Waals surface area (Å²) < 4.78 is 2.32. The molecule has 0 saturated carbocycles. The van der Waals surface area contributed by atoms with Gasteiger partial charge >= 0.3 is 0 Å². The number of aromatic nitrogens is 1. The number of rotatable bonds is 4. The summed E-state index contributed by atoms with van der Waals surface area (Å²) >= 11 is 0. The van der Waals surface area contributed by atoms with E-state index in [4.69, 9.17) is 5.73 Å². The van der Waals surface area contributed by atoms with E-state index in [1.54, 1.807) is 0 Å². The van der Waals surface area contributed by atoms with Crippen molar-refractivity contribution in [2.75, 3.05) is 0 Å². The molecule has 28 heavy (non-hydrogen) atoms. The highest BCUT2D eigenvalue weighted by Crippen LogP contribution is 2.34. The lowest BCUT2D eigenvalue weighted by molar-refractivity contribution is 0.100. The number of aryl methyl sites for hydroxylation is 2. The van der Waals surface area contributed by atoms with Gasteiger partial charge in [-0.15, -0.1) is 0 Å². The van der Waals surface area contributed by atoms with Crippen molar-refractivity contribution in [2.24, 2.45) is 5.73 Å². The summed E-state index contributed by atoms with van der Waals surface area (Å²) in [6, 6.07) is 19.0. The summed E-state index contributed by atoms with van der Waals surface area (Å²) in [4.78, 5) is 12.1. The van der Waals surface area contributed by atoms with Crippen molar-refractivity contribution >= 4 is 27.7 Å². The maximum atomic E-state index is 12.1. The van der Waals surface area contributed by atoms with Crippen LogP contribution in [-0.4, -0.2) is 10.5 Å². The molecule has 1 aromatic heterocycles. The number of carbonyl (C=O) groups excluding carboxylic acids is 1. The first-order valence-corrected chi connectivity index (χ1v) is 9.77. The number of carbonyl (C=O) groups is 1. The number of hydrogen-bond acceptors (Lipinski definition) is 1. The minimum absolute atomic E-state index is 0.385. The Kier molecular flexibility index (Phi) is 4.46. The summed E-state index contributed by atoms with van der Waals surface area (Å²) in [5, 5.41) is 2.03. The predicted octanol–water partition coefficient (Wildman–Crippen LogP) is 5.68. The number of nitrogens with zero attached hydrogens (tertiary/aromatic N) is 1. The van der Waals surface area contributed by atoms with E-state index in [1.807, 2.05) is 12.1 Å². The fraction of sp³-hybridized carbons (Fsp3) is 0.240. The van der Waals surface area contributed by atoms with Crippen molar-refractivity contribution in [2.45, 2.75) is 40.2 Å². The van der Waals surface area contributed by atoms with Crippen molar-refractivity contribution in [1.82, 2.24) is 4.57 Å². The average molecular weight is 370 g/mol. The van der Waals surface area contributed by atoms with Gasteiger partial charge in [-0.05, 0) is 49.1 Å². The van der Waals surface area contributed by atoms with Crippen LogP contribution in [0.4, 0.5) is 0 Å². The van der Waals surface area contributed by atoms with Crippen LogP contribution in [0.1, 0.15) is 52.4 Å². The normalized spacial score (nSPS) is 11.6. The molecule has 4 aromatic rings. The zero-order valence-corrected chi connectivity index (χ0v) is 16.9. The molecule has 0 aliphatic carbocycles. The number of amides is 1. The van der Waals surface area contributed by atoms with E-state index in [-0.39, 0.29) is 5.91 Å². The van der Waals surface area contributed by atoms with Crippen LogP contribution in [0, 0.1) is 13.8 Å². The lowest BCUT2D eigenvalue weighted by atomic mass is 10.00. The second-order valence-electron chi connectivity index (χ2n) is 8.08. The Morgan fingerprint density at radius 3 is 2.32 bits per heavy atom. The van der Waals surface area contributed by atoms with Crippen LogP contribution in [0.3, 0.4) is 0 Å². The average Bonchev–Trinajstić information content (AvgIpc) is 2.94. The Morgan fingerprint density at radius 2 is 1.68 bits per heavy atom. The van der Waals surface area contributed by atoms with E-state index in [0.29, 0.717) is 11.5 Å². The highest BCUT2D eigenvalue weighted by atomic mass is 16.1. The Morgan fingerprint density at radius 1 is 0.964 bits per heavy atom. The standard InChI is InChI=1S/C25H26N2O/c1-15(2)19-8-9-20-23(13-19)27(14-18-11-16(3)10-17(4)12-18)22-7-5-6-21(24(20)22)25(26)28/h5-13,15H,14H2,1-4H3,(H2,26,28). The fourth-order valence-electron chi connectivity index (χ4n) is 4.24. The molecule has 1 heterocycles. The summed E-state index contributed by atoms with van der Waals surface area (Å²) in [5.41, 5.74) is 13.6. The van der Waals surface area contributed by atoms with Gasteiger partial charge in [-0.3, -0.25) is 4.79 Å². The number of nitrogens with two attached hydrogens (primary N) is 1. The fourth-order valence-corrected chi connectivity index (χ4v) is 4.24. The molecule has 0 radical (unpaired) electrons. The number of primary amides is 1. The number of hydrogen-bond donors (Lipinski definition) is 1. The second kappa shape index (κ2) is 6.83. The summed E-state index contributed by atoms with van der Waals surface area (Å²) in [7, 11) is 0. The van der Waals surface area contributed by atoms with Gasteiger partial charge in [-0.2, -0.15) is 0 Å². The van der Waals surface area contributed by atoms with Crippen LogP contribution in [0.15, 0.2) is 54.6 Å². The predicted molar refractivity (Wildman–Crippen MR) is 117 cm³/mol. The molecule has 4 rings (SSSR count). The van der Waals surface area contributed by atoms with Crippen LogP contribution < -0.4 is 5.73 Å². The number of fused-ring (bicyclic) bond motifs is 3. The van der Waals surface area contributed by atoms with E-state index in [1.165, 1.54) is 22.3 Å². The number of benzene rings is 3. The van der Waals surface area contributed by atoms with Gasteiger partial charge in [0, 0.05) is 28.4 Å². The van der Waals surface area contributed by atoms with Crippen molar-refractivity contribution in [3.05, 3.63) is 82.4 Å². The van der Waals surface area contributed by atoms with Crippen LogP contribution in [0.5, 0.6) is 0 Å². The lowest BCUT2D eigenvalue weighted by Crippen LogP contribution is -2.11. The van der Waals surface area contributed by atoms with Crippen molar-refractivity contribution < 1.29 is 4.79 Å². The first-order valence-electron chi connectivity index (χ1n) is 9.77.